The van der Waals surface area contributed by atoms with Crippen LogP contribution in [-0.2, 0) is 9.84 Å². The van der Waals surface area contributed by atoms with E-state index in [1.165, 1.54) is 37.4 Å². The Morgan fingerprint density at radius 2 is 1.83 bits per heavy atom. The second-order valence-corrected chi connectivity index (χ2v) is 5.21. The smallest absolute Gasteiger partial charge is 0.233 e. The van der Waals surface area contributed by atoms with Gasteiger partial charge in [-0.25, -0.2) is 12.8 Å². The standard InChI is InChI=1S/C11H9FN2O3S/c1-17-10-6-7-11(14-13-10)18(15,16)9-5-3-2-4-8(9)12/h2-7H,1H3. The SMILES string of the molecule is COc1ccc(S(=O)(=O)c2ccccc2F)nn1. The molecule has 1 heterocycles. The molecule has 94 valence electrons. The summed E-state index contributed by atoms with van der Waals surface area (Å²) in [5.74, 6) is -0.641. The zero-order valence-electron chi connectivity index (χ0n) is 9.37. The maximum Gasteiger partial charge on any atom is 0.233 e. The maximum absolute atomic E-state index is 13.5. The Bertz CT molecular complexity index is 656. The lowest BCUT2D eigenvalue weighted by atomic mass is 10.3. The number of aromatic nitrogens is 2. The number of halogens is 1. The van der Waals surface area contributed by atoms with Gasteiger partial charge in [0, 0.05) is 6.07 Å². The lowest BCUT2D eigenvalue weighted by molar-refractivity contribution is 0.389. The Morgan fingerprint density at radius 1 is 1.11 bits per heavy atom. The largest absolute Gasteiger partial charge is 0.480 e. The van der Waals surface area contributed by atoms with Crippen molar-refractivity contribution in [2.75, 3.05) is 7.11 Å². The van der Waals surface area contributed by atoms with Gasteiger partial charge in [0.25, 0.3) is 0 Å². The summed E-state index contributed by atoms with van der Waals surface area (Å²) in [6.45, 7) is 0. The third-order valence-electron chi connectivity index (χ3n) is 2.23. The van der Waals surface area contributed by atoms with E-state index in [-0.39, 0.29) is 10.9 Å². The van der Waals surface area contributed by atoms with Crippen LogP contribution in [0.1, 0.15) is 0 Å². The number of hydrogen-bond acceptors (Lipinski definition) is 5. The lowest BCUT2D eigenvalue weighted by Crippen LogP contribution is -2.07. The normalized spacial score (nSPS) is 11.2. The van der Waals surface area contributed by atoms with Crippen LogP contribution in [0.25, 0.3) is 0 Å². The number of methoxy groups -OCH3 is 1. The molecule has 0 saturated carbocycles. The molecule has 0 aliphatic carbocycles. The summed E-state index contributed by atoms with van der Waals surface area (Å²) < 4.78 is 42.4. The number of benzene rings is 1. The maximum atomic E-state index is 13.5. The Labute approximate surface area is 103 Å². The Hall–Kier alpha value is -2.02. The minimum atomic E-state index is -4.00. The van der Waals surface area contributed by atoms with Crippen LogP contribution >= 0.6 is 0 Å². The zero-order chi connectivity index (χ0) is 13.2. The van der Waals surface area contributed by atoms with Gasteiger partial charge in [-0.1, -0.05) is 12.1 Å². The molecule has 0 atom stereocenters. The Morgan fingerprint density at radius 3 is 2.39 bits per heavy atom. The van der Waals surface area contributed by atoms with Gasteiger partial charge in [0.1, 0.15) is 10.7 Å². The summed E-state index contributed by atoms with van der Waals surface area (Å²) in [4.78, 5) is -0.426. The van der Waals surface area contributed by atoms with Gasteiger partial charge in [-0.2, -0.15) is 0 Å². The molecule has 0 saturated heterocycles. The van der Waals surface area contributed by atoms with Crippen LogP contribution in [0.4, 0.5) is 4.39 Å². The molecule has 0 spiro atoms. The quantitative estimate of drug-likeness (QED) is 0.842. The minimum absolute atomic E-state index is 0.183. The summed E-state index contributed by atoms with van der Waals surface area (Å²) in [7, 11) is -2.61. The van der Waals surface area contributed by atoms with E-state index in [9.17, 15) is 12.8 Å². The topological polar surface area (TPSA) is 69.2 Å². The van der Waals surface area contributed by atoms with Crippen LogP contribution in [0.2, 0.25) is 0 Å². The molecule has 2 aromatic rings. The second-order valence-electron chi connectivity index (χ2n) is 3.35. The molecular formula is C11H9FN2O3S. The molecule has 0 amide bonds. The van der Waals surface area contributed by atoms with Gasteiger partial charge in [0.15, 0.2) is 5.03 Å². The van der Waals surface area contributed by atoms with Crippen molar-refractivity contribution in [1.82, 2.24) is 10.2 Å². The van der Waals surface area contributed by atoms with E-state index in [0.717, 1.165) is 6.07 Å². The summed E-state index contributed by atoms with van der Waals surface area (Å²) in [6, 6.07) is 7.66. The molecule has 0 radical (unpaired) electrons. The molecule has 7 heteroatoms. The van der Waals surface area contributed by atoms with Gasteiger partial charge in [0.2, 0.25) is 15.7 Å². The van der Waals surface area contributed by atoms with Gasteiger partial charge in [-0.3, -0.25) is 0 Å². The monoisotopic (exact) mass is 268 g/mol. The predicted octanol–water partition coefficient (Wildman–Crippen LogP) is 1.46. The van der Waals surface area contributed by atoms with E-state index >= 15 is 0 Å². The highest BCUT2D eigenvalue weighted by Gasteiger charge is 2.23. The number of nitrogens with zero attached hydrogens (tertiary/aromatic N) is 2. The molecule has 0 aliphatic heterocycles. The van der Waals surface area contributed by atoms with Crippen molar-refractivity contribution in [1.29, 1.82) is 0 Å². The van der Waals surface area contributed by atoms with Crippen LogP contribution in [0.3, 0.4) is 0 Å². The van der Waals surface area contributed by atoms with Gasteiger partial charge in [0.05, 0.1) is 7.11 Å². The van der Waals surface area contributed by atoms with Crippen molar-refractivity contribution in [3.8, 4) is 5.88 Å². The summed E-state index contributed by atoms with van der Waals surface area (Å²) in [5.41, 5.74) is 0. The predicted molar refractivity (Wildman–Crippen MR) is 60.4 cm³/mol. The Balaban J connectivity index is 2.51. The van der Waals surface area contributed by atoms with Crippen molar-refractivity contribution >= 4 is 9.84 Å². The summed E-state index contributed by atoms with van der Waals surface area (Å²) in [6.07, 6.45) is 0. The molecular weight excluding hydrogens is 259 g/mol. The average Bonchev–Trinajstić information content (AvgIpc) is 2.39. The van der Waals surface area contributed by atoms with Crippen molar-refractivity contribution in [2.45, 2.75) is 9.92 Å². The molecule has 0 bridgehead atoms. The molecule has 2 rings (SSSR count). The number of ether oxygens (including phenoxy) is 1. The zero-order valence-corrected chi connectivity index (χ0v) is 10.2. The summed E-state index contributed by atoms with van der Waals surface area (Å²) >= 11 is 0. The van der Waals surface area contributed by atoms with Gasteiger partial charge < -0.3 is 4.74 Å². The third kappa shape index (κ3) is 2.17. The van der Waals surface area contributed by atoms with Crippen LogP contribution in [0, 0.1) is 5.82 Å². The van der Waals surface area contributed by atoms with E-state index in [0.29, 0.717) is 0 Å². The first kappa shape index (κ1) is 12.4. The Kier molecular flexibility index (Phi) is 3.24. The molecule has 0 aliphatic rings. The fourth-order valence-electron chi connectivity index (χ4n) is 1.34. The van der Waals surface area contributed by atoms with E-state index in [4.69, 9.17) is 4.74 Å². The van der Waals surface area contributed by atoms with Crippen molar-refractivity contribution < 1.29 is 17.5 Å². The number of rotatable bonds is 3. The molecule has 1 aromatic heterocycles. The minimum Gasteiger partial charge on any atom is -0.480 e. The fraction of sp³-hybridized carbons (Fsp3) is 0.0909. The molecule has 1 aromatic carbocycles. The van der Waals surface area contributed by atoms with E-state index in [2.05, 4.69) is 10.2 Å². The number of hydrogen-bond donors (Lipinski definition) is 0. The highest BCUT2D eigenvalue weighted by molar-refractivity contribution is 7.91. The highest BCUT2D eigenvalue weighted by Crippen LogP contribution is 2.21. The molecule has 0 N–H and O–H groups in total. The first-order chi connectivity index (χ1) is 8.55. The van der Waals surface area contributed by atoms with Crippen LogP contribution in [-0.4, -0.2) is 25.7 Å². The second kappa shape index (κ2) is 4.69. The van der Waals surface area contributed by atoms with Gasteiger partial charge in [-0.15, -0.1) is 10.2 Å². The van der Waals surface area contributed by atoms with Gasteiger partial charge in [-0.05, 0) is 18.2 Å². The lowest BCUT2D eigenvalue weighted by Gasteiger charge is -2.04. The first-order valence-electron chi connectivity index (χ1n) is 4.93. The average molecular weight is 268 g/mol. The summed E-state index contributed by atoms with van der Waals surface area (Å²) in [5, 5.41) is 6.73. The van der Waals surface area contributed by atoms with Crippen LogP contribution in [0.5, 0.6) is 5.88 Å². The van der Waals surface area contributed by atoms with E-state index < -0.39 is 20.5 Å². The first-order valence-corrected chi connectivity index (χ1v) is 6.41. The fourth-order valence-corrected chi connectivity index (χ4v) is 2.54. The van der Waals surface area contributed by atoms with Crippen LogP contribution in [0.15, 0.2) is 46.3 Å². The van der Waals surface area contributed by atoms with Gasteiger partial charge >= 0.3 is 0 Å². The third-order valence-corrected chi connectivity index (χ3v) is 3.90. The van der Waals surface area contributed by atoms with Crippen molar-refractivity contribution in [2.24, 2.45) is 0 Å². The van der Waals surface area contributed by atoms with Crippen molar-refractivity contribution in [3.63, 3.8) is 0 Å². The molecule has 5 nitrogen and oxygen atoms in total. The number of sulfone groups is 1. The van der Waals surface area contributed by atoms with Crippen molar-refractivity contribution in [3.05, 3.63) is 42.2 Å². The van der Waals surface area contributed by atoms with Crippen LogP contribution < -0.4 is 4.74 Å². The van der Waals surface area contributed by atoms with E-state index in [1.54, 1.807) is 0 Å². The molecule has 0 unspecified atom stereocenters. The van der Waals surface area contributed by atoms with E-state index in [1.807, 2.05) is 0 Å². The molecule has 0 fully saturated rings. The molecule has 18 heavy (non-hydrogen) atoms. The highest BCUT2D eigenvalue weighted by atomic mass is 32.2.